The molecule has 1 N–H and O–H groups in total. The maximum atomic E-state index is 12.9. The number of hydrogen-bond donors (Lipinski definition) is 1. The highest BCUT2D eigenvalue weighted by molar-refractivity contribution is 7.12. The number of amides is 2. The molecular formula is C19H20N2O3S. The third kappa shape index (κ3) is 3.14. The van der Waals surface area contributed by atoms with Crippen molar-refractivity contribution < 1.29 is 14.3 Å². The molecule has 2 atom stereocenters. The van der Waals surface area contributed by atoms with Gasteiger partial charge in [-0.15, -0.1) is 11.3 Å². The summed E-state index contributed by atoms with van der Waals surface area (Å²) in [6.45, 7) is 1.23. The van der Waals surface area contributed by atoms with E-state index in [4.69, 9.17) is 4.74 Å². The minimum absolute atomic E-state index is 0.0416. The van der Waals surface area contributed by atoms with E-state index < -0.39 is 0 Å². The predicted molar refractivity (Wildman–Crippen MR) is 95.8 cm³/mol. The third-order valence-electron chi connectivity index (χ3n) is 4.82. The molecule has 4 rings (SSSR count). The minimum atomic E-state index is -0.385. The number of para-hydroxylation sites is 1. The number of thiophene rings is 1. The van der Waals surface area contributed by atoms with Crippen LogP contribution in [-0.4, -0.2) is 35.9 Å². The Hall–Kier alpha value is -2.34. The summed E-state index contributed by atoms with van der Waals surface area (Å²) in [6, 6.07) is 11.0. The van der Waals surface area contributed by atoms with Crippen LogP contribution in [0, 0.1) is 0 Å². The van der Waals surface area contributed by atoms with Gasteiger partial charge in [-0.3, -0.25) is 9.59 Å². The average Bonchev–Trinajstić information content (AvgIpc) is 3.33. The first-order chi connectivity index (χ1) is 12.2. The lowest BCUT2D eigenvalue weighted by atomic mass is 10.00. The minimum Gasteiger partial charge on any atom is -0.493 e. The van der Waals surface area contributed by atoms with E-state index in [0.29, 0.717) is 24.4 Å². The standard InChI is InChI=1S/C19H20N2O3S/c22-18(20-14-9-11-24-16-7-2-1-5-13(14)16)15-6-3-10-21(15)19(23)17-8-4-12-25-17/h1-2,4-5,7-8,12,14-15H,3,6,9-11H2,(H,20,22)/t14-,15+/m0/s1. The SMILES string of the molecule is O=C(N[C@H]1CCOc2ccccc21)[C@H]1CCCN1C(=O)c1cccs1. The van der Waals surface area contributed by atoms with Crippen LogP contribution in [0.1, 0.15) is 40.5 Å². The molecule has 6 heteroatoms. The highest BCUT2D eigenvalue weighted by Crippen LogP contribution is 2.32. The number of ether oxygens (including phenoxy) is 1. The lowest BCUT2D eigenvalue weighted by molar-refractivity contribution is -0.125. The van der Waals surface area contributed by atoms with Crippen molar-refractivity contribution in [3.63, 3.8) is 0 Å². The second-order valence-electron chi connectivity index (χ2n) is 6.37. The van der Waals surface area contributed by atoms with Crippen molar-refractivity contribution in [2.45, 2.75) is 31.3 Å². The summed E-state index contributed by atoms with van der Waals surface area (Å²) in [5.41, 5.74) is 1.01. The zero-order valence-electron chi connectivity index (χ0n) is 13.8. The van der Waals surface area contributed by atoms with Crippen LogP contribution in [0.25, 0.3) is 0 Å². The second kappa shape index (κ2) is 6.88. The fraction of sp³-hybridized carbons (Fsp3) is 0.368. The van der Waals surface area contributed by atoms with E-state index in [9.17, 15) is 9.59 Å². The predicted octanol–water partition coefficient (Wildman–Crippen LogP) is 2.99. The second-order valence-corrected chi connectivity index (χ2v) is 7.32. The van der Waals surface area contributed by atoms with Gasteiger partial charge in [0.2, 0.25) is 5.91 Å². The van der Waals surface area contributed by atoms with Crippen molar-refractivity contribution in [2.24, 2.45) is 0 Å². The van der Waals surface area contributed by atoms with Gasteiger partial charge in [-0.1, -0.05) is 24.3 Å². The number of carbonyl (C=O) groups excluding carboxylic acids is 2. The number of likely N-dealkylation sites (tertiary alicyclic amines) is 1. The number of nitrogens with zero attached hydrogens (tertiary/aromatic N) is 1. The van der Waals surface area contributed by atoms with Crippen LogP contribution in [0.15, 0.2) is 41.8 Å². The fourth-order valence-electron chi connectivity index (χ4n) is 3.58. The molecule has 130 valence electrons. The maximum Gasteiger partial charge on any atom is 0.264 e. The summed E-state index contributed by atoms with van der Waals surface area (Å²) >= 11 is 1.42. The molecule has 2 aromatic rings. The Labute approximate surface area is 150 Å². The van der Waals surface area contributed by atoms with Gasteiger partial charge in [0.15, 0.2) is 0 Å². The third-order valence-corrected chi connectivity index (χ3v) is 5.68. The fourth-order valence-corrected chi connectivity index (χ4v) is 4.26. The number of rotatable bonds is 3. The average molecular weight is 356 g/mol. The monoisotopic (exact) mass is 356 g/mol. The van der Waals surface area contributed by atoms with Crippen molar-refractivity contribution in [1.82, 2.24) is 10.2 Å². The smallest absolute Gasteiger partial charge is 0.264 e. The number of fused-ring (bicyclic) bond motifs is 1. The molecule has 2 aliphatic heterocycles. The van der Waals surface area contributed by atoms with Crippen LogP contribution in [-0.2, 0) is 4.79 Å². The molecule has 3 heterocycles. The number of nitrogens with one attached hydrogen (secondary N) is 1. The Morgan fingerprint density at radius 2 is 2.04 bits per heavy atom. The van der Waals surface area contributed by atoms with E-state index in [2.05, 4.69) is 5.32 Å². The van der Waals surface area contributed by atoms with Crippen molar-refractivity contribution in [3.05, 3.63) is 52.2 Å². The lowest BCUT2D eigenvalue weighted by Crippen LogP contribution is -2.47. The molecular weight excluding hydrogens is 336 g/mol. The zero-order chi connectivity index (χ0) is 17.2. The van der Waals surface area contributed by atoms with E-state index in [-0.39, 0.29) is 23.9 Å². The molecule has 0 aliphatic carbocycles. The topological polar surface area (TPSA) is 58.6 Å². The molecule has 1 saturated heterocycles. The van der Waals surface area contributed by atoms with E-state index in [1.165, 1.54) is 11.3 Å². The molecule has 0 saturated carbocycles. The molecule has 0 unspecified atom stereocenters. The Bertz CT molecular complexity index is 775. The lowest BCUT2D eigenvalue weighted by Gasteiger charge is -2.29. The molecule has 0 bridgehead atoms. The number of benzene rings is 1. The summed E-state index contributed by atoms with van der Waals surface area (Å²) in [6.07, 6.45) is 2.32. The largest absolute Gasteiger partial charge is 0.493 e. The van der Waals surface area contributed by atoms with E-state index in [1.807, 2.05) is 41.8 Å². The van der Waals surface area contributed by atoms with Crippen LogP contribution in [0.2, 0.25) is 0 Å². The van der Waals surface area contributed by atoms with Crippen LogP contribution < -0.4 is 10.1 Å². The van der Waals surface area contributed by atoms with Gasteiger partial charge in [-0.25, -0.2) is 0 Å². The van der Waals surface area contributed by atoms with Crippen molar-refractivity contribution >= 4 is 23.2 Å². The van der Waals surface area contributed by atoms with Gasteiger partial charge in [0.25, 0.3) is 5.91 Å². The van der Waals surface area contributed by atoms with Crippen molar-refractivity contribution in [3.8, 4) is 5.75 Å². The summed E-state index contributed by atoms with van der Waals surface area (Å²) < 4.78 is 5.65. The summed E-state index contributed by atoms with van der Waals surface area (Å²) in [7, 11) is 0. The number of hydrogen-bond acceptors (Lipinski definition) is 4. The van der Waals surface area contributed by atoms with E-state index in [0.717, 1.165) is 24.2 Å². The highest BCUT2D eigenvalue weighted by Gasteiger charge is 2.36. The normalized spacial score (nSPS) is 22.2. The first-order valence-electron chi connectivity index (χ1n) is 8.60. The number of carbonyl (C=O) groups is 2. The maximum absolute atomic E-state index is 12.9. The van der Waals surface area contributed by atoms with Gasteiger partial charge in [0, 0.05) is 18.5 Å². The van der Waals surface area contributed by atoms with Crippen molar-refractivity contribution in [2.75, 3.05) is 13.2 Å². The van der Waals surface area contributed by atoms with Crippen molar-refractivity contribution in [1.29, 1.82) is 0 Å². The summed E-state index contributed by atoms with van der Waals surface area (Å²) in [4.78, 5) is 27.9. The van der Waals surface area contributed by atoms with Crippen LogP contribution in [0.3, 0.4) is 0 Å². The highest BCUT2D eigenvalue weighted by atomic mass is 32.1. The summed E-state index contributed by atoms with van der Waals surface area (Å²) in [5, 5.41) is 5.02. The molecule has 0 radical (unpaired) electrons. The first-order valence-corrected chi connectivity index (χ1v) is 9.48. The van der Waals surface area contributed by atoms with Crippen LogP contribution in [0.5, 0.6) is 5.75 Å². The Morgan fingerprint density at radius 3 is 2.88 bits per heavy atom. The molecule has 1 aromatic heterocycles. The van der Waals surface area contributed by atoms with Gasteiger partial charge >= 0.3 is 0 Å². The molecule has 25 heavy (non-hydrogen) atoms. The van der Waals surface area contributed by atoms with Gasteiger partial charge in [-0.2, -0.15) is 0 Å². The molecule has 0 spiro atoms. The zero-order valence-corrected chi connectivity index (χ0v) is 14.6. The molecule has 5 nitrogen and oxygen atoms in total. The molecule has 2 aliphatic rings. The quantitative estimate of drug-likeness (QED) is 0.920. The molecule has 1 aromatic carbocycles. The van der Waals surface area contributed by atoms with Gasteiger partial charge in [-0.05, 0) is 30.4 Å². The van der Waals surface area contributed by atoms with Crippen LogP contribution >= 0.6 is 11.3 Å². The Morgan fingerprint density at radius 1 is 1.16 bits per heavy atom. The molecule has 2 amide bonds. The molecule has 1 fully saturated rings. The summed E-state index contributed by atoms with van der Waals surface area (Å²) in [5.74, 6) is 0.723. The van der Waals surface area contributed by atoms with E-state index in [1.54, 1.807) is 4.90 Å². The van der Waals surface area contributed by atoms with Crippen LogP contribution in [0.4, 0.5) is 0 Å². The van der Waals surface area contributed by atoms with Gasteiger partial charge < -0.3 is 15.0 Å². The van der Waals surface area contributed by atoms with Gasteiger partial charge in [0.05, 0.1) is 17.5 Å². The first kappa shape index (κ1) is 16.1. The van der Waals surface area contributed by atoms with E-state index >= 15 is 0 Å². The van der Waals surface area contributed by atoms with Gasteiger partial charge in [0.1, 0.15) is 11.8 Å². The Kier molecular flexibility index (Phi) is 4.44. The Balaban J connectivity index is 1.49.